The number of rotatable bonds is 14. The molecule has 0 bridgehead atoms. The van der Waals surface area contributed by atoms with E-state index in [4.69, 9.17) is 15.4 Å². The van der Waals surface area contributed by atoms with Gasteiger partial charge >= 0.3 is 5.97 Å². The summed E-state index contributed by atoms with van der Waals surface area (Å²) in [7, 11) is -4.23. The van der Waals surface area contributed by atoms with Gasteiger partial charge in [0.25, 0.3) is 0 Å². The topological polar surface area (TPSA) is 55.8 Å². The summed E-state index contributed by atoms with van der Waals surface area (Å²) in [4.78, 5) is 11.6. The molecule has 0 saturated heterocycles. The van der Waals surface area contributed by atoms with Crippen LogP contribution in [-0.4, -0.2) is 39.9 Å². The van der Waals surface area contributed by atoms with Gasteiger partial charge in [0.1, 0.15) is 0 Å². The van der Waals surface area contributed by atoms with Crippen molar-refractivity contribution in [3.63, 3.8) is 0 Å². The van der Waals surface area contributed by atoms with E-state index < -0.39 is 22.6 Å². The minimum Gasteiger partial charge on any atom is -0.481 e. The molecule has 3 fully saturated rings. The first-order chi connectivity index (χ1) is 21.7. The number of hydrogen-bond donors (Lipinski definition) is 1. The summed E-state index contributed by atoms with van der Waals surface area (Å²) in [6, 6.07) is 0. The van der Waals surface area contributed by atoms with Crippen LogP contribution < -0.4 is 0 Å². The maximum absolute atomic E-state index is 11.6. The molecular weight excluding hydrogens is 613 g/mol. The van der Waals surface area contributed by atoms with Crippen LogP contribution in [0.1, 0.15) is 148 Å². The lowest BCUT2D eigenvalue weighted by Gasteiger charge is -2.49. The summed E-state index contributed by atoms with van der Waals surface area (Å²) in [5, 5.41) is 9.55. The maximum Gasteiger partial charge on any atom is 0.303 e. The molecule has 3 aliphatic rings. The third-order valence-electron chi connectivity index (χ3n) is 13.6. The Hall–Kier alpha value is -0.956. The van der Waals surface area contributed by atoms with Gasteiger partial charge in [-0.15, -0.1) is 0 Å². The molecule has 0 aromatic heterocycles. The van der Waals surface area contributed by atoms with Crippen LogP contribution in [0.4, 0.5) is 0 Å². The van der Waals surface area contributed by atoms with Crippen molar-refractivity contribution in [3.8, 4) is 0 Å². The van der Waals surface area contributed by atoms with Crippen LogP contribution in [0.3, 0.4) is 0 Å². The van der Waals surface area contributed by atoms with E-state index in [1.807, 2.05) is 0 Å². The summed E-state index contributed by atoms with van der Waals surface area (Å²) in [5.74, 6) is 0.566. The van der Waals surface area contributed by atoms with E-state index in [0.29, 0.717) is 45.1 Å². The summed E-state index contributed by atoms with van der Waals surface area (Å²) < 4.78 is 15.1. The Balaban J connectivity index is 2.05. The van der Waals surface area contributed by atoms with Crippen molar-refractivity contribution < 1.29 is 18.8 Å². The first-order valence-corrected chi connectivity index (χ1v) is 23.7. The van der Waals surface area contributed by atoms with Gasteiger partial charge in [0.2, 0.25) is 16.6 Å². The lowest BCUT2D eigenvalue weighted by atomic mass is 9.61. The second-order valence-corrected chi connectivity index (χ2v) is 28.9. The van der Waals surface area contributed by atoms with Crippen molar-refractivity contribution in [2.24, 2.45) is 23.2 Å². The highest BCUT2D eigenvalue weighted by Crippen LogP contribution is 2.60. The molecular formula is C41H74O4Si2. The molecule has 6 heteroatoms. The van der Waals surface area contributed by atoms with Crippen molar-refractivity contribution >= 4 is 22.6 Å². The molecule has 6 atom stereocenters. The molecule has 0 radical (unpaired) electrons. The molecule has 3 aliphatic carbocycles. The molecule has 0 aromatic rings. The predicted molar refractivity (Wildman–Crippen MR) is 206 cm³/mol. The van der Waals surface area contributed by atoms with Crippen LogP contribution in [0.2, 0.25) is 33.2 Å². The summed E-state index contributed by atoms with van der Waals surface area (Å²) in [6.07, 6.45) is 12.9. The van der Waals surface area contributed by atoms with Crippen molar-refractivity contribution in [1.29, 1.82) is 0 Å². The molecule has 3 saturated carbocycles. The zero-order valence-corrected chi connectivity index (χ0v) is 35.0. The van der Waals surface area contributed by atoms with Gasteiger partial charge < -0.3 is 14.0 Å². The molecule has 3 rings (SSSR count). The van der Waals surface area contributed by atoms with Gasteiger partial charge in [-0.25, -0.2) is 0 Å². The Morgan fingerprint density at radius 2 is 1.36 bits per heavy atom. The van der Waals surface area contributed by atoms with Crippen molar-refractivity contribution in [1.82, 2.24) is 0 Å². The molecule has 0 spiro atoms. The number of allylic oxidation sites excluding steroid dienone is 3. The van der Waals surface area contributed by atoms with Gasteiger partial charge in [-0.05, 0) is 106 Å². The monoisotopic (exact) mass is 687 g/mol. The number of carboxylic acid groups (broad SMARTS) is 1. The van der Waals surface area contributed by atoms with E-state index in [1.54, 1.807) is 5.57 Å². The van der Waals surface area contributed by atoms with Crippen LogP contribution in [-0.2, 0) is 13.6 Å². The smallest absolute Gasteiger partial charge is 0.303 e. The van der Waals surface area contributed by atoms with E-state index in [9.17, 15) is 9.90 Å². The normalized spacial score (nSPS) is 30.2. The van der Waals surface area contributed by atoms with Crippen molar-refractivity contribution in [2.75, 3.05) is 0 Å². The molecule has 4 nitrogen and oxygen atoms in total. The van der Waals surface area contributed by atoms with Gasteiger partial charge in [-0.1, -0.05) is 121 Å². The average molecular weight is 687 g/mol. The van der Waals surface area contributed by atoms with Crippen LogP contribution in [0.5, 0.6) is 0 Å². The summed E-state index contributed by atoms with van der Waals surface area (Å²) >= 11 is 0. The second kappa shape index (κ2) is 15.9. The maximum atomic E-state index is 11.6. The van der Waals surface area contributed by atoms with Crippen LogP contribution in [0.15, 0.2) is 35.5 Å². The fourth-order valence-corrected chi connectivity index (χ4v) is 22.7. The molecule has 0 aromatic carbocycles. The molecule has 0 amide bonds. The Labute approximate surface area is 292 Å². The van der Waals surface area contributed by atoms with Crippen LogP contribution in [0.25, 0.3) is 0 Å². The Morgan fingerprint density at radius 1 is 0.851 bits per heavy atom. The van der Waals surface area contributed by atoms with Gasteiger partial charge in [-0.2, -0.15) is 0 Å². The number of aliphatic carboxylic acids is 1. The van der Waals surface area contributed by atoms with Crippen molar-refractivity contribution in [2.45, 2.75) is 194 Å². The fraction of sp³-hybridized carbons (Fsp3) is 0.829. The first-order valence-electron chi connectivity index (χ1n) is 19.4. The highest BCUT2D eigenvalue weighted by molar-refractivity contribution is 6.78. The van der Waals surface area contributed by atoms with E-state index in [0.717, 1.165) is 25.7 Å². The highest BCUT2D eigenvalue weighted by Gasteiger charge is 2.52. The van der Waals surface area contributed by atoms with Gasteiger partial charge in [-0.3, -0.25) is 4.79 Å². The average Bonchev–Trinajstić information content (AvgIpc) is 3.31. The van der Waals surface area contributed by atoms with Gasteiger partial charge in [0, 0.05) is 12.8 Å². The standard InChI is InChI=1S/C41H74O4Si2/c1-26(2)46(27(3)4,28(5)6)44-36-24-35(33(14)39(25-36)45-47(29(7)8,30(9)10)31(11)12)19-18-34-17-16-22-41(15)37(20-21-38(34)41)32(13)23-40(42)43/h18-19,26-32,36-39H,14,16-17,20-25H2,1-13,15H3,(H,42,43)/t32-,36-,37-,38+,39+,41-/m1/s1. The van der Waals surface area contributed by atoms with Gasteiger partial charge in [0.05, 0.1) is 12.2 Å². The molecule has 1 N–H and O–H groups in total. The quantitative estimate of drug-likeness (QED) is 0.185. The fourth-order valence-electron chi connectivity index (χ4n) is 11.6. The minimum atomic E-state index is -2.14. The SMILES string of the molecule is C=C1C(=CC=C2CCC[C@]3(C)[C@@H]([C@H](C)CC(=O)O)CC[C@@H]23)C[C@@H](O[Si](C(C)C)(C(C)C)C(C)C)C[C@@H]1O[Si](C(C)C)(C(C)C)C(C)C. The lowest BCUT2D eigenvalue weighted by Crippen LogP contribution is -2.54. The zero-order chi connectivity index (χ0) is 35.6. The van der Waals surface area contributed by atoms with E-state index in [-0.39, 0.29) is 30.0 Å². The number of carbonyl (C=O) groups is 1. The van der Waals surface area contributed by atoms with Crippen LogP contribution >= 0.6 is 0 Å². The van der Waals surface area contributed by atoms with Crippen molar-refractivity contribution in [3.05, 3.63) is 35.5 Å². The predicted octanol–water partition coefficient (Wildman–Crippen LogP) is 12.6. The van der Waals surface area contributed by atoms with E-state index in [1.165, 1.54) is 30.4 Å². The molecule has 270 valence electrons. The third-order valence-corrected chi connectivity index (χ3v) is 25.8. The summed E-state index contributed by atoms with van der Waals surface area (Å²) in [6.45, 7) is 38.1. The van der Waals surface area contributed by atoms with E-state index in [2.05, 4.69) is 109 Å². The summed E-state index contributed by atoms with van der Waals surface area (Å²) in [5.41, 5.74) is 7.40. The molecule has 0 unspecified atom stereocenters. The Bertz CT molecular complexity index is 1100. The number of carboxylic acids is 1. The minimum absolute atomic E-state index is 0.0141. The zero-order valence-electron chi connectivity index (χ0n) is 33.0. The van der Waals surface area contributed by atoms with Crippen LogP contribution in [0, 0.1) is 23.2 Å². The molecule has 47 heavy (non-hydrogen) atoms. The molecule has 0 aliphatic heterocycles. The molecule has 0 heterocycles. The number of fused-ring (bicyclic) bond motifs is 1. The third kappa shape index (κ3) is 8.01. The first kappa shape index (κ1) is 40.5. The second-order valence-electron chi connectivity index (χ2n) is 18.1. The Kier molecular flexibility index (Phi) is 13.7. The highest BCUT2D eigenvalue weighted by atomic mass is 28.4. The number of hydrogen-bond acceptors (Lipinski definition) is 3. The largest absolute Gasteiger partial charge is 0.481 e. The van der Waals surface area contributed by atoms with Gasteiger partial charge in [0.15, 0.2) is 0 Å². The Morgan fingerprint density at radius 3 is 1.85 bits per heavy atom. The van der Waals surface area contributed by atoms with E-state index >= 15 is 0 Å². The lowest BCUT2D eigenvalue weighted by molar-refractivity contribution is -0.138.